The predicted molar refractivity (Wildman–Crippen MR) is 115 cm³/mol. The first kappa shape index (κ1) is 18.0. The van der Waals surface area contributed by atoms with Gasteiger partial charge in [-0.1, -0.05) is 47.8 Å². The fourth-order valence-electron chi connectivity index (χ4n) is 2.76. The van der Waals surface area contributed by atoms with E-state index in [4.69, 9.17) is 4.74 Å². The van der Waals surface area contributed by atoms with E-state index in [1.54, 1.807) is 11.3 Å². The van der Waals surface area contributed by atoms with E-state index in [9.17, 15) is 9.90 Å². The summed E-state index contributed by atoms with van der Waals surface area (Å²) < 4.78 is 9.25. The number of nitrogens with zero attached hydrogens (tertiary/aromatic N) is 2. The number of thiazole rings is 2. The van der Waals surface area contributed by atoms with E-state index in [1.165, 1.54) is 34.9 Å². The molecule has 1 unspecified atom stereocenters. The molecule has 2 aromatic carbocycles. The van der Waals surface area contributed by atoms with Crippen LogP contribution in [-0.2, 0) is 9.53 Å². The molecule has 140 valence electrons. The summed E-state index contributed by atoms with van der Waals surface area (Å²) in [7, 11) is 0. The van der Waals surface area contributed by atoms with Crippen molar-refractivity contribution in [1.29, 1.82) is 0 Å². The Morgan fingerprint density at radius 1 is 0.964 bits per heavy atom. The maximum absolute atomic E-state index is 11.9. The molecule has 3 heterocycles. The zero-order chi connectivity index (χ0) is 19.1. The van der Waals surface area contributed by atoms with Gasteiger partial charge in [-0.3, -0.25) is 0 Å². The van der Waals surface area contributed by atoms with Gasteiger partial charge in [0.25, 0.3) is 0 Å². The number of carbonyl (C=O) groups excluding carboxylic acids is 1. The van der Waals surface area contributed by atoms with Crippen LogP contribution in [-0.4, -0.2) is 32.9 Å². The van der Waals surface area contributed by atoms with E-state index in [1.807, 2.05) is 48.5 Å². The van der Waals surface area contributed by atoms with Crippen molar-refractivity contribution in [3.8, 4) is 0 Å². The number of rotatable bonds is 5. The van der Waals surface area contributed by atoms with Crippen LogP contribution in [0.15, 0.2) is 67.9 Å². The van der Waals surface area contributed by atoms with Crippen molar-refractivity contribution in [2.75, 3.05) is 5.75 Å². The highest BCUT2D eigenvalue weighted by atomic mass is 32.2. The molecule has 0 amide bonds. The number of para-hydroxylation sites is 2. The third kappa shape index (κ3) is 3.39. The maximum Gasteiger partial charge on any atom is 0.375 e. The molecule has 9 heteroatoms. The fraction of sp³-hybridized carbons (Fsp3) is 0.105. The molecule has 1 atom stereocenters. The second-order valence-corrected chi connectivity index (χ2v) is 10.5. The first-order valence-electron chi connectivity index (χ1n) is 8.33. The topological polar surface area (TPSA) is 72.3 Å². The fourth-order valence-corrected chi connectivity index (χ4v) is 7.14. The molecule has 1 aliphatic rings. The molecule has 0 aliphatic carbocycles. The molecule has 2 aromatic heterocycles. The minimum atomic E-state index is -0.682. The van der Waals surface area contributed by atoms with Crippen LogP contribution in [0.3, 0.4) is 0 Å². The summed E-state index contributed by atoms with van der Waals surface area (Å²) in [5.74, 6) is -0.513. The van der Waals surface area contributed by atoms with Gasteiger partial charge in [-0.05, 0) is 24.3 Å². The molecule has 0 saturated carbocycles. The molecule has 0 bridgehead atoms. The van der Waals surface area contributed by atoms with Gasteiger partial charge in [-0.25, -0.2) is 14.8 Å². The summed E-state index contributed by atoms with van der Waals surface area (Å²) >= 11 is 5.95. The molecule has 0 saturated heterocycles. The Bertz CT molecular complexity index is 1160. The van der Waals surface area contributed by atoms with Gasteiger partial charge in [0, 0.05) is 5.75 Å². The van der Waals surface area contributed by atoms with E-state index in [2.05, 4.69) is 9.97 Å². The number of fused-ring (bicyclic) bond motifs is 2. The Kier molecular flexibility index (Phi) is 4.75. The van der Waals surface area contributed by atoms with Gasteiger partial charge < -0.3 is 9.84 Å². The largest absolute Gasteiger partial charge is 0.501 e. The van der Waals surface area contributed by atoms with Crippen LogP contribution < -0.4 is 0 Å². The van der Waals surface area contributed by atoms with Crippen LogP contribution >= 0.6 is 46.2 Å². The standard InChI is InChI=1S/C19H12N2O3S4/c22-15-16(28-19-21-11-6-2-4-8-14(11)27-19)12(24-17(15)23)9-25-18-20-10-5-1-3-7-13(10)26-18/h1-8,12,22H,9H2. The van der Waals surface area contributed by atoms with Gasteiger partial charge in [0.2, 0.25) is 5.76 Å². The Hall–Kier alpha value is -2.07. The predicted octanol–water partition coefficient (Wildman–Crippen LogP) is 5.49. The number of aliphatic hydroxyl groups excluding tert-OH is 1. The van der Waals surface area contributed by atoms with Crippen molar-refractivity contribution >= 4 is 72.6 Å². The number of benzene rings is 2. The number of thioether (sulfide) groups is 2. The van der Waals surface area contributed by atoms with Crippen molar-refractivity contribution in [1.82, 2.24) is 9.97 Å². The summed E-state index contributed by atoms with van der Waals surface area (Å²) in [4.78, 5) is 21.6. The van der Waals surface area contributed by atoms with Gasteiger partial charge >= 0.3 is 5.97 Å². The van der Waals surface area contributed by atoms with Gasteiger partial charge in [0.15, 0.2) is 8.68 Å². The molecule has 28 heavy (non-hydrogen) atoms. The Balaban J connectivity index is 1.35. The van der Waals surface area contributed by atoms with Crippen molar-refractivity contribution in [3.63, 3.8) is 0 Å². The molecule has 0 spiro atoms. The highest BCUT2D eigenvalue weighted by molar-refractivity contribution is 8.05. The Morgan fingerprint density at radius 3 is 2.25 bits per heavy atom. The first-order valence-corrected chi connectivity index (χ1v) is 11.8. The van der Waals surface area contributed by atoms with E-state index in [-0.39, 0.29) is 5.76 Å². The third-order valence-corrected chi connectivity index (χ3v) is 8.59. The summed E-state index contributed by atoms with van der Waals surface area (Å²) in [6.45, 7) is 0. The molecular weight excluding hydrogens is 432 g/mol. The van der Waals surface area contributed by atoms with Gasteiger partial charge in [0.05, 0.1) is 25.3 Å². The molecule has 5 nitrogen and oxygen atoms in total. The van der Waals surface area contributed by atoms with Crippen LogP contribution in [0.25, 0.3) is 20.4 Å². The number of aromatic nitrogens is 2. The second kappa shape index (κ2) is 7.40. The van der Waals surface area contributed by atoms with Crippen LogP contribution in [0, 0.1) is 0 Å². The highest BCUT2D eigenvalue weighted by Crippen LogP contribution is 2.41. The smallest absolute Gasteiger partial charge is 0.375 e. The highest BCUT2D eigenvalue weighted by Gasteiger charge is 2.35. The zero-order valence-electron chi connectivity index (χ0n) is 14.2. The summed E-state index contributed by atoms with van der Waals surface area (Å²) in [6.07, 6.45) is -0.512. The van der Waals surface area contributed by atoms with Crippen LogP contribution in [0.4, 0.5) is 0 Å². The molecule has 1 aliphatic heterocycles. The number of aliphatic hydroxyl groups is 1. The summed E-state index contributed by atoms with van der Waals surface area (Å²) in [6, 6.07) is 15.8. The van der Waals surface area contributed by atoms with Crippen LogP contribution in [0.5, 0.6) is 0 Å². The molecular formula is C19H12N2O3S4. The number of carbonyl (C=O) groups is 1. The second-order valence-electron chi connectivity index (χ2n) is 5.91. The summed E-state index contributed by atoms with van der Waals surface area (Å²) in [5.41, 5.74) is 1.86. The average molecular weight is 445 g/mol. The SMILES string of the molecule is O=C1OC(CSc2nc3ccccc3s2)C(Sc2nc3ccccc3s2)=C1O. The van der Waals surface area contributed by atoms with Crippen molar-refractivity contribution in [2.45, 2.75) is 14.8 Å². The lowest BCUT2D eigenvalue weighted by molar-refractivity contribution is -0.141. The van der Waals surface area contributed by atoms with E-state index < -0.39 is 12.1 Å². The first-order chi connectivity index (χ1) is 13.7. The normalized spacial score (nSPS) is 17.0. The number of cyclic esters (lactones) is 1. The lowest BCUT2D eigenvalue weighted by Gasteiger charge is -2.10. The molecule has 0 radical (unpaired) electrons. The van der Waals surface area contributed by atoms with Gasteiger partial charge in [-0.2, -0.15) is 0 Å². The maximum atomic E-state index is 11.9. The van der Waals surface area contributed by atoms with E-state index >= 15 is 0 Å². The van der Waals surface area contributed by atoms with E-state index in [0.717, 1.165) is 29.1 Å². The quantitative estimate of drug-likeness (QED) is 0.322. The zero-order valence-corrected chi connectivity index (χ0v) is 17.5. The Labute approximate surface area is 176 Å². The number of esters is 1. The lowest BCUT2D eigenvalue weighted by atomic mass is 10.3. The van der Waals surface area contributed by atoms with Crippen molar-refractivity contribution in [3.05, 3.63) is 59.2 Å². The third-order valence-electron chi connectivity index (χ3n) is 4.07. The molecule has 1 N–H and O–H groups in total. The van der Waals surface area contributed by atoms with Crippen molar-refractivity contribution < 1.29 is 14.6 Å². The molecule has 4 aromatic rings. The minimum Gasteiger partial charge on any atom is -0.501 e. The Morgan fingerprint density at radius 2 is 1.57 bits per heavy atom. The van der Waals surface area contributed by atoms with Crippen molar-refractivity contribution in [2.24, 2.45) is 0 Å². The van der Waals surface area contributed by atoms with Gasteiger partial charge in [0.1, 0.15) is 6.10 Å². The minimum absolute atomic E-state index is 0.320. The molecule has 5 rings (SSSR count). The summed E-state index contributed by atoms with van der Waals surface area (Å²) in [5, 5.41) is 10.2. The number of ether oxygens (including phenoxy) is 1. The number of hydrogen-bond acceptors (Lipinski definition) is 9. The van der Waals surface area contributed by atoms with E-state index in [0.29, 0.717) is 10.7 Å². The average Bonchev–Trinajstić information content (AvgIpc) is 3.37. The van der Waals surface area contributed by atoms with Gasteiger partial charge in [-0.15, -0.1) is 22.7 Å². The molecule has 0 fully saturated rings. The lowest BCUT2D eigenvalue weighted by Crippen LogP contribution is -2.13. The number of hydrogen-bond donors (Lipinski definition) is 1. The van der Waals surface area contributed by atoms with Crippen LogP contribution in [0.1, 0.15) is 0 Å². The van der Waals surface area contributed by atoms with Crippen LogP contribution in [0.2, 0.25) is 0 Å². The monoisotopic (exact) mass is 444 g/mol.